The fourth-order valence-corrected chi connectivity index (χ4v) is 4.83. The summed E-state index contributed by atoms with van der Waals surface area (Å²) < 4.78 is 1.29. The maximum atomic E-state index is 5.73. The third kappa shape index (κ3) is 3.89. The highest BCUT2D eigenvalue weighted by Gasteiger charge is 2.41. The van der Waals surface area contributed by atoms with Gasteiger partial charge in [0.25, 0.3) is 0 Å². The fourth-order valence-electron chi connectivity index (χ4n) is 3.64. The molecule has 0 radical (unpaired) electrons. The molecule has 1 aliphatic heterocycles. The molecule has 2 aromatic rings. The molecule has 2 aromatic heterocycles. The number of rotatable bonds is 6. The second-order valence-electron chi connectivity index (χ2n) is 7.08. The molecule has 0 amide bonds. The van der Waals surface area contributed by atoms with Gasteiger partial charge < -0.3 is 20.1 Å². The Morgan fingerprint density at radius 1 is 1.27 bits per heavy atom. The van der Waals surface area contributed by atoms with E-state index in [1.54, 1.807) is 0 Å². The van der Waals surface area contributed by atoms with Gasteiger partial charge in [-0.3, -0.25) is 4.98 Å². The Morgan fingerprint density at radius 2 is 2.04 bits per heavy atom. The highest BCUT2D eigenvalue weighted by Crippen LogP contribution is 2.42. The van der Waals surface area contributed by atoms with Crippen LogP contribution in [0.3, 0.4) is 0 Å². The molecule has 0 unspecified atom stereocenters. The highest BCUT2D eigenvalue weighted by molar-refractivity contribution is 14.1. The fraction of sp³-hybridized carbons (Fsp3) is 0.474. The van der Waals surface area contributed by atoms with Crippen LogP contribution in [0.25, 0.3) is 0 Å². The number of H-pyrrole nitrogens is 1. The SMILES string of the molecule is Cc1[nH]c(C)c([C@H]2[C@@H](c3ccccn3)NC(=S)N2CCCN(C)C)c1I. The lowest BCUT2D eigenvalue weighted by Gasteiger charge is -2.29. The molecule has 0 saturated carbocycles. The van der Waals surface area contributed by atoms with Crippen LogP contribution < -0.4 is 5.32 Å². The van der Waals surface area contributed by atoms with Gasteiger partial charge in [0.05, 0.1) is 17.8 Å². The van der Waals surface area contributed by atoms with E-state index in [1.807, 2.05) is 18.3 Å². The van der Waals surface area contributed by atoms with Crippen LogP contribution in [0.2, 0.25) is 0 Å². The molecular weight excluding hydrogens is 457 g/mol. The summed E-state index contributed by atoms with van der Waals surface area (Å²) in [6.07, 6.45) is 2.92. The molecule has 1 aliphatic rings. The summed E-state index contributed by atoms with van der Waals surface area (Å²) in [4.78, 5) is 12.7. The molecule has 0 aliphatic carbocycles. The van der Waals surface area contributed by atoms with Crippen molar-refractivity contribution >= 4 is 39.9 Å². The monoisotopic (exact) mass is 483 g/mol. The first-order valence-electron chi connectivity index (χ1n) is 8.87. The average molecular weight is 483 g/mol. The summed E-state index contributed by atoms with van der Waals surface area (Å²) in [5.41, 5.74) is 4.78. The van der Waals surface area contributed by atoms with Crippen molar-refractivity contribution in [3.8, 4) is 0 Å². The zero-order valence-electron chi connectivity index (χ0n) is 15.7. The summed E-state index contributed by atoms with van der Waals surface area (Å²) in [6, 6.07) is 6.29. The van der Waals surface area contributed by atoms with Crippen molar-refractivity contribution < 1.29 is 0 Å². The molecule has 7 heteroatoms. The number of aromatic amines is 1. The van der Waals surface area contributed by atoms with Gasteiger partial charge in [-0.15, -0.1) is 0 Å². The Labute approximate surface area is 174 Å². The number of thiocarbonyl (C=S) groups is 1. The van der Waals surface area contributed by atoms with Gasteiger partial charge in [-0.1, -0.05) is 6.07 Å². The smallest absolute Gasteiger partial charge is 0.170 e. The summed E-state index contributed by atoms with van der Waals surface area (Å²) in [5, 5.41) is 4.35. The summed E-state index contributed by atoms with van der Waals surface area (Å²) >= 11 is 8.18. The molecule has 140 valence electrons. The zero-order valence-corrected chi connectivity index (χ0v) is 18.7. The number of hydrogen-bond acceptors (Lipinski definition) is 3. The number of halogens is 1. The second-order valence-corrected chi connectivity index (χ2v) is 8.54. The van der Waals surface area contributed by atoms with E-state index < -0.39 is 0 Å². The van der Waals surface area contributed by atoms with Crippen molar-refractivity contribution in [3.63, 3.8) is 0 Å². The minimum Gasteiger partial charge on any atom is -0.362 e. The van der Waals surface area contributed by atoms with Crippen molar-refractivity contribution in [2.45, 2.75) is 32.4 Å². The number of nitrogens with one attached hydrogen (secondary N) is 2. The molecule has 3 heterocycles. The first-order chi connectivity index (χ1) is 12.4. The van der Waals surface area contributed by atoms with Crippen LogP contribution in [0.5, 0.6) is 0 Å². The Balaban J connectivity index is 1.99. The minimum atomic E-state index is 0.0606. The zero-order chi connectivity index (χ0) is 18.8. The van der Waals surface area contributed by atoms with Crippen LogP contribution in [0, 0.1) is 17.4 Å². The van der Waals surface area contributed by atoms with Crippen LogP contribution in [-0.2, 0) is 0 Å². The predicted octanol–water partition coefficient (Wildman–Crippen LogP) is 3.56. The van der Waals surface area contributed by atoms with Crippen molar-refractivity contribution in [3.05, 3.63) is 50.6 Å². The van der Waals surface area contributed by atoms with Crippen LogP contribution in [0.15, 0.2) is 24.4 Å². The first-order valence-corrected chi connectivity index (χ1v) is 10.4. The molecule has 5 nitrogen and oxygen atoms in total. The maximum absolute atomic E-state index is 5.73. The quantitative estimate of drug-likeness (QED) is 0.486. The normalized spacial score (nSPS) is 20.1. The predicted molar refractivity (Wildman–Crippen MR) is 118 cm³/mol. The van der Waals surface area contributed by atoms with Gasteiger partial charge in [-0.2, -0.15) is 0 Å². The van der Waals surface area contributed by atoms with Gasteiger partial charge in [-0.05, 0) is 87.8 Å². The van der Waals surface area contributed by atoms with Gasteiger partial charge in [0.15, 0.2) is 5.11 Å². The number of pyridine rings is 1. The van der Waals surface area contributed by atoms with Gasteiger partial charge >= 0.3 is 0 Å². The van der Waals surface area contributed by atoms with E-state index in [4.69, 9.17) is 12.2 Å². The van der Waals surface area contributed by atoms with E-state index >= 15 is 0 Å². The van der Waals surface area contributed by atoms with Crippen LogP contribution >= 0.6 is 34.8 Å². The van der Waals surface area contributed by atoms with Crippen LogP contribution in [-0.4, -0.2) is 52.1 Å². The van der Waals surface area contributed by atoms with Gasteiger partial charge in [0.1, 0.15) is 0 Å². The van der Waals surface area contributed by atoms with E-state index in [0.29, 0.717) is 0 Å². The van der Waals surface area contributed by atoms with Gasteiger partial charge in [0, 0.05) is 33.3 Å². The molecule has 0 bridgehead atoms. The number of aromatic nitrogens is 2. The molecule has 0 spiro atoms. The molecular formula is C19H26IN5S. The summed E-state index contributed by atoms with van der Waals surface area (Å²) in [5.74, 6) is 0. The van der Waals surface area contributed by atoms with Crippen LogP contribution in [0.1, 0.15) is 41.1 Å². The second kappa shape index (κ2) is 8.22. The number of hydrogen-bond donors (Lipinski definition) is 2. The molecule has 1 fully saturated rings. The summed E-state index contributed by atoms with van der Waals surface area (Å²) in [7, 11) is 4.22. The lowest BCUT2D eigenvalue weighted by Crippen LogP contribution is -2.32. The van der Waals surface area contributed by atoms with E-state index in [9.17, 15) is 0 Å². The molecule has 3 rings (SSSR count). The largest absolute Gasteiger partial charge is 0.362 e. The molecule has 2 N–H and O–H groups in total. The van der Waals surface area contributed by atoms with Gasteiger partial charge in [0.2, 0.25) is 0 Å². The molecule has 26 heavy (non-hydrogen) atoms. The topological polar surface area (TPSA) is 47.2 Å². The average Bonchev–Trinajstić information content (AvgIpc) is 3.04. The van der Waals surface area contributed by atoms with Crippen molar-refractivity contribution in [2.24, 2.45) is 0 Å². The van der Waals surface area contributed by atoms with E-state index in [2.05, 4.69) is 81.7 Å². The Bertz CT molecular complexity index is 774. The molecule has 2 atom stereocenters. The maximum Gasteiger partial charge on any atom is 0.170 e. The molecule has 0 aromatic carbocycles. The van der Waals surface area contributed by atoms with Crippen molar-refractivity contribution in [1.82, 2.24) is 25.1 Å². The standard InChI is InChI=1S/C19H26IN5S/c1-12-15(16(20)13(2)22-12)18-17(14-8-5-6-9-21-14)23-19(26)25(18)11-7-10-24(3)4/h5-6,8-9,17-18,22H,7,10-11H2,1-4H3,(H,23,26)/t17-,18+/m1/s1. The van der Waals surface area contributed by atoms with E-state index in [0.717, 1.165) is 30.3 Å². The number of aryl methyl sites for hydroxylation is 2. The molecule has 1 saturated heterocycles. The third-order valence-corrected chi connectivity index (χ3v) is 6.59. The lowest BCUT2D eigenvalue weighted by molar-refractivity contribution is 0.291. The summed E-state index contributed by atoms with van der Waals surface area (Å²) in [6.45, 7) is 6.25. The Kier molecular flexibility index (Phi) is 6.19. The van der Waals surface area contributed by atoms with Gasteiger partial charge in [-0.25, -0.2) is 0 Å². The van der Waals surface area contributed by atoms with E-state index in [-0.39, 0.29) is 12.1 Å². The van der Waals surface area contributed by atoms with Crippen molar-refractivity contribution in [2.75, 3.05) is 27.2 Å². The third-order valence-electron chi connectivity index (χ3n) is 4.84. The van der Waals surface area contributed by atoms with Crippen molar-refractivity contribution in [1.29, 1.82) is 0 Å². The number of nitrogens with zero attached hydrogens (tertiary/aromatic N) is 3. The lowest BCUT2D eigenvalue weighted by atomic mass is 9.96. The van der Waals surface area contributed by atoms with E-state index in [1.165, 1.54) is 20.5 Å². The Hall–Kier alpha value is -1.19. The van der Waals surface area contributed by atoms with Crippen LogP contribution in [0.4, 0.5) is 0 Å². The Morgan fingerprint density at radius 3 is 2.62 bits per heavy atom. The first kappa shape index (κ1) is 19.6. The minimum absolute atomic E-state index is 0.0606. The highest BCUT2D eigenvalue weighted by atomic mass is 127.